The summed E-state index contributed by atoms with van der Waals surface area (Å²) in [4.78, 5) is 0. The third-order valence-electron chi connectivity index (χ3n) is 1.89. The van der Waals surface area contributed by atoms with Gasteiger partial charge in [-0.2, -0.15) is 0 Å². The molecule has 1 aliphatic rings. The van der Waals surface area contributed by atoms with E-state index in [4.69, 9.17) is 9.47 Å². The minimum atomic E-state index is -0.619. The predicted octanol–water partition coefficient (Wildman–Crippen LogP) is 1.07. The second-order valence-electron chi connectivity index (χ2n) is 3.66. The highest BCUT2D eigenvalue weighted by Crippen LogP contribution is 2.25. The van der Waals surface area contributed by atoms with Gasteiger partial charge in [0, 0.05) is 0 Å². The zero-order valence-electron chi connectivity index (χ0n) is 7.83. The quantitative estimate of drug-likeness (QED) is 0.633. The first-order valence-corrected chi connectivity index (χ1v) is 4.07. The maximum absolute atomic E-state index is 9.55. The SMILES string of the molecule is C=C(C)[C@H](O)[C@H]1COC(C)(C)O1. The molecule has 3 nitrogen and oxygen atoms in total. The van der Waals surface area contributed by atoms with E-state index in [1.54, 1.807) is 6.92 Å². The van der Waals surface area contributed by atoms with Gasteiger partial charge in [-0.1, -0.05) is 6.58 Å². The Morgan fingerprint density at radius 3 is 2.58 bits per heavy atom. The van der Waals surface area contributed by atoms with Crippen LogP contribution in [-0.4, -0.2) is 29.7 Å². The summed E-state index contributed by atoms with van der Waals surface area (Å²) in [5, 5.41) is 9.55. The topological polar surface area (TPSA) is 38.7 Å². The lowest BCUT2D eigenvalue weighted by Gasteiger charge is -2.20. The Balaban J connectivity index is 2.52. The summed E-state index contributed by atoms with van der Waals surface area (Å²) in [6.45, 7) is 9.53. The first kappa shape index (κ1) is 9.71. The van der Waals surface area contributed by atoms with Crippen molar-refractivity contribution in [3.63, 3.8) is 0 Å². The smallest absolute Gasteiger partial charge is 0.163 e. The van der Waals surface area contributed by atoms with E-state index in [1.165, 1.54) is 0 Å². The molecule has 1 N–H and O–H groups in total. The maximum Gasteiger partial charge on any atom is 0.163 e. The van der Waals surface area contributed by atoms with Crippen LogP contribution in [0.3, 0.4) is 0 Å². The molecular weight excluding hydrogens is 156 g/mol. The molecule has 1 saturated heterocycles. The van der Waals surface area contributed by atoms with Crippen LogP contribution in [0.25, 0.3) is 0 Å². The van der Waals surface area contributed by atoms with Gasteiger partial charge >= 0.3 is 0 Å². The van der Waals surface area contributed by atoms with Gasteiger partial charge in [-0.05, 0) is 26.3 Å². The molecule has 0 saturated carbocycles. The normalized spacial score (nSPS) is 30.2. The summed E-state index contributed by atoms with van der Waals surface area (Å²) in [7, 11) is 0. The van der Waals surface area contributed by atoms with E-state index >= 15 is 0 Å². The number of hydrogen-bond donors (Lipinski definition) is 1. The van der Waals surface area contributed by atoms with Crippen LogP contribution in [0.4, 0.5) is 0 Å². The van der Waals surface area contributed by atoms with Crippen molar-refractivity contribution in [3.8, 4) is 0 Å². The molecule has 0 radical (unpaired) electrons. The van der Waals surface area contributed by atoms with Crippen LogP contribution in [0.2, 0.25) is 0 Å². The molecule has 1 rings (SSSR count). The van der Waals surface area contributed by atoms with Crippen molar-refractivity contribution in [2.75, 3.05) is 6.61 Å². The second-order valence-corrected chi connectivity index (χ2v) is 3.66. The highest BCUT2D eigenvalue weighted by atomic mass is 16.7. The van der Waals surface area contributed by atoms with E-state index in [0.717, 1.165) is 0 Å². The zero-order chi connectivity index (χ0) is 9.35. The van der Waals surface area contributed by atoms with Crippen molar-refractivity contribution >= 4 is 0 Å². The van der Waals surface area contributed by atoms with Crippen LogP contribution >= 0.6 is 0 Å². The Kier molecular flexibility index (Phi) is 2.56. The summed E-state index contributed by atoms with van der Waals surface area (Å²) < 4.78 is 10.7. The highest BCUT2D eigenvalue weighted by Gasteiger charge is 2.36. The summed E-state index contributed by atoms with van der Waals surface area (Å²) in [5.41, 5.74) is 0.710. The molecule has 0 unspecified atom stereocenters. The summed E-state index contributed by atoms with van der Waals surface area (Å²) >= 11 is 0. The fraction of sp³-hybridized carbons (Fsp3) is 0.778. The molecule has 12 heavy (non-hydrogen) atoms. The molecule has 0 aliphatic carbocycles. The first-order chi connectivity index (χ1) is 5.42. The van der Waals surface area contributed by atoms with Crippen molar-refractivity contribution < 1.29 is 14.6 Å². The van der Waals surface area contributed by atoms with E-state index in [1.807, 2.05) is 13.8 Å². The minimum absolute atomic E-state index is 0.266. The third-order valence-corrected chi connectivity index (χ3v) is 1.89. The van der Waals surface area contributed by atoms with Crippen LogP contribution in [0.15, 0.2) is 12.2 Å². The Bertz CT molecular complexity index is 186. The largest absolute Gasteiger partial charge is 0.386 e. The second kappa shape index (κ2) is 3.17. The van der Waals surface area contributed by atoms with E-state index in [9.17, 15) is 5.11 Å². The fourth-order valence-corrected chi connectivity index (χ4v) is 1.19. The first-order valence-electron chi connectivity index (χ1n) is 4.07. The van der Waals surface area contributed by atoms with Gasteiger partial charge in [-0.25, -0.2) is 0 Å². The van der Waals surface area contributed by atoms with Crippen molar-refractivity contribution in [1.29, 1.82) is 0 Å². The summed E-state index contributed by atoms with van der Waals surface area (Å²) in [6, 6.07) is 0. The molecule has 0 bridgehead atoms. The van der Waals surface area contributed by atoms with E-state index in [0.29, 0.717) is 12.2 Å². The Labute approximate surface area is 73.0 Å². The molecule has 1 heterocycles. The molecule has 1 aliphatic heterocycles. The number of aliphatic hydroxyl groups is 1. The van der Waals surface area contributed by atoms with Gasteiger partial charge in [-0.15, -0.1) is 0 Å². The molecule has 0 aromatic carbocycles. The van der Waals surface area contributed by atoms with Crippen molar-refractivity contribution in [2.24, 2.45) is 0 Å². The standard InChI is InChI=1S/C9H16O3/c1-6(2)8(10)7-5-11-9(3,4)12-7/h7-8,10H,1,5H2,2-4H3/t7-,8+/m1/s1. The average molecular weight is 172 g/mol. The third kappa shape index (κ3) is 2.06. The molecule has 0 amide bonds. The van der Waals surface area contributed by atoms with E-state index in [2.05, 4.69) is 6.58 Å². The van der Waals surface area contributed by atoms with Gasteiger partial charge in [-0.3, -0.25) is 0 Å². The van der Waals surface area contributed by atoms with Crippen LogP contribution in [0.1, 0.15) is 20.8 Å². The van der Waals surface area contributed by atoms with Gasteiger partial charge in [0.25, 0.3) is 0 Å². The van der Waals surface area contributed by atoms with E-state index < -0.39 is 11.9 Å². The Morgan fingerprint density at radius 1 is 1.67 bits per heavy atom. The number of hydrogen-bond acceptors (Lipinski definition) is 3. The van der Waals surface area contributed by atoms with Gasteiger partial charge in [0.15, 0.2) is 5.79 Å². The molecule has 3 heteroatoms. The highest BCUT2D eigenvalue weighted by molar-refractivity contribution is 5.01. The Morgan fingerprint density at radius 2 is 2.25 bits per heavy atom. The lowest BCUT2D eigenvalue weighted by Crippen LogP contribution is -2.31. The number of ether oxygens (including phenoxy) is 2. The number of aliphatic hydroxyl groups excluding tert-OH is 1. The van der Waals surface area contributed by atoms with Crippen LogP contribution in [-0.2, 0) is 9.47 Å². The maximum atomic E-state index is 9.55. The Hall–Kier alpha value is -0.380. The predicted molar refractivity (Wildman–Crippen MR) is 45.7 cm³/mol. The summed E-state index contributed by atoms with van der Waals surface area (Å²) in [5.74, 6) is -0.568. The van der Waals surface area contributed by atoms with Crippen molar-refractivity contribution in [2.45, 2.75) is 38.8 Å². The van der Waals surface area contributed by atoms with Gasteiger partial charge in [0.1, 0.15) is 12.2 Å². The molecule has 0 aromatic heterocycles. The average Bonchev–Trinajstić information content (AvgIpc) is 2.28. The molecule has 70 valence electrons. The molecule has 0 aromatic rings. The van der Waals surface area contributed by atoms with Gasteiger partial charge in [0.2, 0.25) is 0 Å². The van der Waals surface area contributed by atoms with Crippen molar-refractivity contribution in [1.82, 2.24) is 0 Å². The van der Waals surface area contributed by atoms with Gasteiger partial charge < -0.3 is 14.6 Å². The van der Waals surface area contributed by atoms with Gasteiger partial charge in [0.05, 0.1) is 6.61 Å². The number of rotatable bonds is 2. The molecule has 2 atom stereocenters. The fourth-order valence-electron chi connectivity index (χ4n) is 1.19. The molecule has 0 spiro atoms. The van der Waals surface area contributed by atoms with Crippen LogP contribution in [0.5, 0.6) is 0 Å². The summed E-state index contributed by atoms with van der Waals surface area (Å²) in [6.07, 6.45) is -0.885. The van der Waals surface area contributed by atoms with Crippen LogP contribution in [0, 0.1) is 0 Å². The molecular formula is C9H16O3. The molecule has 1 fully saturated rings. The minimum Gasteiger partial charge on any atom is -0.386 e. The monoisotopic (exact) mass is 172 g/mol. The van der Waals surface area contributed by atoms with Crippen LogP contribution < -0.4 is 0 Å². The van der Waals surface area contributed by atoms with E-state index in [-0.39, 0.29) is 6.10 Å². The zero-order valence-corrected chi connectivity index (χ0v) is 7.83. The van der Waals surface area contributed by atoms with Crippen molar-refractivity contribution in [3.05, 3.63) is 12.2 Å². The lowest BCUT2D eigenvalue weighted by molar-refractivity contribution is -0.148. The lowest BCUT2D eigenvalue weighted by atomic mass is 10.1.